The molecule has 2 aromatic heterocycles. The normalized spacial score (nSPS) is 15.4. The topological polar surface area (TPSA) is 80.9 Å². The summed E-state index contributed by atoms with van der Waals surface area (Å²) in [7, 11) is 1.89. The molecule has 3 heterocycles. The number of hydrogen-bond acceptors (Lipinski definition) is 5. The number of aromatic nitrogens is 5. The summed E-state index contributed by atoms with van der Waals surface area (Å²) in [5.74, 6) is 0.643. The second kappa shape index (κ2) is 7.26. The summed E-state index contributed by atoms with van der Waals surface area (Å²) in [6.45, 7) is 2.57. The Morgan fingerprint density at radius 1 is 1.26 bits per heavy atom. The lowest BCUT2D eigenvalue weighted by Gasteiger charge is -2.19. The summed E-state index contributed by atoms with van der Waals surface area (Å²) in [6, 6.07) is 1.94. The van der Waals surface area contributed by atoms with Crippen LogP contribution in [0.4, 0.5) is 5.95 Å². The predicted octanol–water partition coefficient (Wildman–Crippen LogP) is 1.03. The Morgan fingerprint density at radius 3 is 2.74 bits per heavy atom. The van der Waals surface area contributed by atoms with Crippen molar-refractivity contribution in [1.82, 2.24) is 29.4 Å². The van der Waals surface area contributed by atoms with Gasteiger partial charge in [-0.25, -0.2) is 9.67 Å². The predicted molar refractivity (Wildman–Crippen MR) is 85.6 cm³/mol. The fourth-order valence-corrected chi connectivity index (χ4v) is 2.75. The largest absolute Gasteiger partial charge is 0.347 e. The van der Waals surface area contributed by atoms with E-state index in [1.165, 1.54) is 12.8 Å². The van der Waals surface area contributed by atoms with Crippen LogP contribution in [0.3, 0.4) is 0 Å². The summed E-state index contributed by atoms with van der Waals surface area (Å²) in [6.07, 6.45) is 7.98. The van der Waals surface area contributed by atoms with E-state index < -0.39 is 0 Å². The van der Waals surface area contributed by atoms with Gasteiger partial charge in [0, 0.05) is 26.3 Å². The van der Waals surface area contributed by atoms with Gasteiger partial charge in [0.2, 0.25) is 11.9 Å². The van der Waals surface area contributed by atoms with Gasteiger partial charge >= 0.3 is 0 Å². The van der Waals surface area contributed by atoms with Crippen LogP contribution in [0.2, 0.25) is 0 Å². The number of carbonyl (C=O) groups excluding carboxylic acids is 1. The molecule has 1 amide bonds. The van der Waals surface area contributed by atoms with E-state index in [0.717, 1.165) is 31.6 Å². The van der Waals surface area contributed by atoms with Crippen LogP contribution in [0.25, 0.3) is 0 Å². The van der Waals surface area contributed by atoms with E-state index in [1.807, 2.05) is 18.0 Å². The van der Waals surface area contributed by atoms with Crippen LogP contribution in [0.5, 0.6) is 0 Å². The van der Waals surface area contributed by atoms with Crippen molar-refractivity contribution in [2.75, 3.05) is 18.4 Å². The molecular formula is C15H23N7O. The van der Waals surface area contributed by atoms with Crippen molar-refractivity contribution in [2.24, 2.45) is 7.05 Å². The molecule has 0 unspecified atom stereocenters. The van der Waals surface area contributed by atoms with Gasteiger partial charge in [0.1, 0.15) is 12.9 Å². The van der Waals surface area contributed by atoms with Crippen LogP contribution >= 0.6 is 0 Å². The number of nitrogens with one attached hydrogen (secondary N) is 1. The Kier molecular flexibility index (Phi) is 4.89. The minimum atomic E-state index is 0.120. The van der Waals surface area contributed by atoms with Gasteiger partial charge in [0.05, 0.1) is 12.2 Å². The first-order valence-corrected chi connectivity index (χ1v) is 8.10. The van der Waals surface area contributed by atoms with Crippen molar-refractivity contribution < 1.29 is 4.79 Å². The highest BCUT2D eigenvalue weighted by Crippen LogP contribution is 2.10. The van der Waals surface area contributed by atoms with Gasteiger partial charge in [0.15, 0.2) is 0 Å². The molecule has 124 valence electrons. The van der Waals surface area contributed by atoms with E-state index in [0.29, 0.717) is 12.5 Å². The number of nitrogens with zero attached hydrogens (tertiary/aromatic N) is 6. The van der Waals surface area contributed by atoms with E-state index >= 15 is 0 Å². The maximum absolute atomic E-state index is 12.3. The van der Waals surface area contributed by atoms with Crippen LogP contribution in [-0.4, -0.2) is 48.4 Å². The molecule has 23 heavy (non-hydrogen) atoms. The lowest BCUT2D eigenvalue weighted by atomic mass is 10.2. The van der Waals surface area contributed by atoms with E-state index in [2.05, 4.69) is 20.5 Å². The first kappa shape index (κ1) is 15.5. The summed E-state index contributed by atoms with van der Waals surface area (Å²) >= 11 is 0. The molecule has 1 aliphatic rings. The third-order valence-electron chi connectivity index (χ3n) is 4.14. The van der Waals surface area contributed by atoms with Crippen LogP contribution in [0.15, 0.2) is 18.6 Å². The van der Waals surface area contributed by atoms with Crippen LogP contribution in [-0.2, 0) is 24.9 Å². The standard InChI is InChI=1S/C15H23N7O/c1-20-13(6-7-18-20)10-16-15-17-12-22(19-15)11-14(23)21-8-4-2-3-5-9-21/h6-7,12H,2-5,8-11H2,1H3,(H,16,19). The second-order valence-corrected chi connectivity index (χ2v) is 5.86. The molecular weight excluding hydrogens is 294 g/mol. The highest BCUT2D eigenvalue weighted by atomic mass is 16.2. The van der Waals surface area contributed by atoms with Gasteiger partial charge < -0.3 is 10.2 Å². The Hall–Kier alpha value is -2.38. The lowest BCUT2D eigenvalue weighted by Crippen LogP contribution is -2.34. The SMILES string of the molecule is Cn1nccc1CNc1ncn(CC(=O)N2CCCCCC2)n1. The minimum absolute atomic E-state index is 0.120. The monoisotopic (exact) mass is 317 g/mol. The molecule has 0 spiro atoms. The molecule has 0 radical (unpaired) electrons. The lowest BCUT2D eigenvalue weighted by molar-refractivity contribution is -0.132. The van der Waals surface area contributed by atoms with Crippen molar-refractivity contribution in [2.45, 2.75) is 38.8 Å². The molecule has 0 saturated carbocycles. The van der Waals surface area contributed by atoms with Gasteiger partial charge in [-0.3, -0.25) is 9.48 Å². The highest BCUT2D eigenvalue weighted by Gasteiger charge is 2.16. The van der Waals surface area contributed by atoms with Crippen molar-refractivity contribution in [3.05, 3.63) is 24.3 Å². The van der Waals surface area contributed by atoms with Crippen LogP contribution in [0.1, 0.15) is 31.4 Å². The van der Waals surface area contributed by atoms with Gasteiger partial charge in [-0.15, -0.1) is 5.10 Å². The number of amides is 1. The second-order valence-electron chi connectivity index (χ2n) is 5.86. The van der Waals surface area contributed by atoms with Crippen LogP contribution < -0.4 is 5.32 Å². The Balaban J connectivity index is 1.52. The molecule has 3 rings (SSSR count). The van der Waals surface area contributed by atoms with Crippen molar-refractivity contribution in [1.29, 1.82) is 0 Å². The third-order valence-corrected chi connectivity index (χ3v) is 4.14. The number of carbonyl (C=O) groups is 1. The summed E-state index contributed by atoms with van der Waals surface area (Å²) in [4.78, 5) is 18.5. The van der Waals surface area contributed by atoms with Crippen LogP contribution in [0, 0.1) is 0 Å². The average molecular weight is 317 g/mol. The Bertz CT molecular complexity index is 640. The summed E-state index contributed by atoms with van der Waals surface area (Å²) in [5.41, 5.74) is 1.04. The van der Waals surface area contributed by atoms with Gasteiger partial charge in [-0.1, -0.05) is 12.8 Å². The van der Waals surface area contributed by atoms with Crippen molar-refractivity contribution >= 4 is 11.9 Å². The van der Waals surface area contributed by atoms with Gasteiger partial charge in [-0.05, 0) is 18.9 Å². The molecule has 8 nitrogen and oxygen atoms in total. The quantitative estimate of drug-likeness (QED) is 0.891. The zero-order valence-electron chi connectivity index (χ0n) is 13.5. The van der Waals surface area contributed by atoms with Gasteiger partial charge in [0.25, 0.3) is 0 Å². The number of aryl methyl sites for hydroxylation is 1. The molecule has 1 N–H and O–H groups in total. The molecule has 0 aromatic carbocycles. The maximum atomic E-state index is 12.3. The van der Waals surface area contributed by atoms with E-state index in [1.54, 1.807) is 21.9 Å². The molecule has 1 fully saturated rings. The molecule has 8 heteroatoms. The minimum Gasteiger partial charge on any atom is -0.347 e. The van der Waals surface area contributed by atoms with E-state index in [4.69, 9.17) is 0 Å². The fraction of sp³-hybridized carbons (Fsp3) is 0.600. The Labute approximate surface area is 135 Å². The Morgan fingerprint density at radius 2 is 2.04 bits per heavy atom. The number of likely N-dealkylation sites (tertiary alicyclic amines) is 1. The van der Waals surface area contributed by atoms with E-state index in [9.17, 15) is 4.79 Å². The van der Waals surface area contributed by atoms with E-state index in [-0.39, 0.29) is 12.5 Å². The van der Waals surface area contributed by atoms with Crippen molar-refractivity contribution in [3.8, 4) is 0 Å². The zero-order valence-corrected chi connectivity index (χ0v) is 13.5. The van der Waals surface area contributed by atoms with Gasteiger partial charge in [-0.2, -0.15) is 5.10 Å². The molecule has 1 aliphatic heterocycles. The average Bonchev–Trinajstić information content (AvgIpc) is 3.05. The number of anilines is 1. The molecule has 1 saturated heterocycles. The first-order valence-electron chi connectivity index (χ1n) is 8.10. The first-order chi connectivity index (χ1) is 11.2. The van der Waals surface area contributed by atoms with Crippen molar-refractivity contribution in [3.63, 3.8) is 0 Å². The zero-order chi connectivity index (χ0) is 16.1. The molecule has 0 bridgehead atoms. The molecule has 2 aromatic rings. The third kappa shape index (κ3) is 4.08. The number of rotatable bonds is 5. The highest BCUT2D eigenvalue weighted by molar-refractivity contribution is 5.75. The summed E-state index contributed by atoms with van der Waals surface area (Å²) < 4.78 is 3.39. The molecule has 0 aliphatic carbocycles. The summed E-state index contributed by atoms with van der Waals surface area (Å²) in [5, 5.41) is 11.6. The number of hydrogen-bond donors (Lipinski definition) is 1. The smallest absolute Gasteiger partial charge is 0.244 e. The maximum Gasteiger partial charge on any atom is 0.244 e. The fourth-order valence-electron chi connectivity index (χ4n) is 2.75. The molecule has 0 atom stereocenters.